The first-order valence-electron chi connectivity index (χ1n) is 4.66. The van der Waals surface area contributed by atoms with Crippen LogP contribution >= 0.6 is 0 Å². The lowest BCUT2D eigenvalue weighted by Crippen LogP contribution is -2.24. The van der Waals surface area contributed by atoms with Crippen molar-refractivity contribution in [2.45, 2.75) is 32.4 Å². The lowest BCUT2D eigenvalue weighted by molar-refractivity contribution is 0.503. The lowest BCUT2D eigenvalue weighted by atomic mass is 10.3. The predicted octanol–water partition coefficient (Wildman–Crippen LogP) is 0.269. The molecular formula is C8H15N5. The van der Waals surface area contributed by atoms with E-state index in [1.54, 1.807) is 4.68 Å². The van der Waals surface area contributed by atoms with Crippen molar-refractivity contribution in [2.75, 3.05) is 0 Å². The second kappa shape index (κ2) is 3.06. The number of nitrogens with one attached hydrogen (secondary N) is 1. The molecule has 0 saturated heterocycles. The zero-order valence-corrected chi connectivity index (χ0v) is 8.23. The van der Waals surface area contributed by atoms with Crippen molar-refractivity contribution in [2.24, 2.45) is 13.0 Å². The van der Waals surface area contributed by atoms with Gasteiger partial charge in [0, 0.05) is 13.1 Å². The van der Waals surface area contributed by atoms with Crippen LogP contribution in [0.15, 0.2) is 0 Å². The molecule has 0 aliphatic heterocycles. The summed E-state index contributed by atoms with van der Waals surface area (Å²) >= 11 is 0. The van der Waals surface area contributed by atoms with Gasteiger partial charge in [0.1, 0.15) is 0 Å². The normalized spacial score (nSPS) is 28.8. The highest BCUT2D eigenvalue weighted by Gasteiger charge is 2.34. The Balaban J connectivity index is 1.97. The van der Waals surface area contributed by atoms with Crippen molar-refractivity contribution in [3.63, 3.8) is 0 Å². The van der Waals surface area contributed by atoms with Gasteiger partial charge in [0.25, 0.3) is 0 Å². The third-order valence-corrected chi connectivity index (χ3v) is 2.61. The summed E-state index contributed by atoms with van der Waals surface area (Å²) in [6.07, 6.45) is 1.27. The Morgan fingerprint density at radius 3 is 2.77 bits per heavy atom. The minimum Gasteiger partial charge on any atom is -0.304 e. The van der Waals surface area contributed by atoms with Crippen LogP contribution in [0.25, 0.3) is 0 Å². The van der Waals surface area contributed by atoms with E-state index in [0.29, 0.717) is 6.04 Å². The van der Waals surface area contributed by atoms with E-state index in [0.717, 1.165) is 11.7 Å². The minimum absolute atomic E-state index is 0.245. The van der Waals surface area contributed by atoms with E-state index in [1.807, 2.05) is 7.05 Å². The zero-order chi connectivity index (χ0) is 9.42. The first kappa shape index (κ1) is 8.62. The topological polar surface area (TPSA) is 55.6 Å². The molecule has 5 nitrogen and oxygen atoms in total. The molecular weight excluding hydrogens is 166 g/mol. The molecule has 3 atom stereocenters. The Morgan fingerprint density at radius 2 is 2.31 bits per heavy atom. The van der Waals surface area contributed by atoms with Crippen LogP contribution in [0.4, 0.5) is 0 Å². The third-order valence-electron chi connectivity index (χ3n) is 2.61. The van der Waals surface area contributed by atoms with Gasteiger partial charge in [-0.15, -0.1) is 5.10 Å². The van der Waals surface area contributed by atoms with Crippen LogP contribution in [0.3, 0.4) is 0 Å². The zero-order valence-electron chi connectivity index (χ0n) is 8.23. The molecule has 1 fully saturated rings. The number of hydrogen-bond acceptors (Lipinski definition) is 4. The average Bonchev–Trinajstić information content (AvgIpc) is 2.62. The van der Waals surface area contributed by atoms with Gasteiger partial charge in [-0.2, -0.15) is 0 Å². The van der Waals surface area contributed by atoms with Gasteiger partial charge in [0.2, 0.25) is 0 Å². The van der Waals surface area contributed by atoms with Crippen molar-refractivity contribution < 1.29 is 0 Å². The molecule has 2 rings (SSSR count). The SMILES string of the molecule is CC(N[C@@H]1C[C@H]1C)c1nnnn1C. The maximum absolute atomic E-state index is 3.96. The average molecular weight is 181 g/mol. The van der Waals surface area contributed by atoms with Gasteiger partial charge in [0.15, 0.2) is 5.82 Å². The van der Waals surface area contributed by atoms with Gasteiger partial charge in [-0.05, 0) is 29.7 Å². The summed E-state index contributed by atoms with van der Waals surface area (Å²) in [6, 6.07) is 0.904. The molecule has 72 valence electrons. The van der Waals surface area contributed by atoms with Crippen molar-refractivity contribution in [3.05, 3.63) is 5.82 Å². The molecule has 13 heavy (non-hydrogen) atoms. The highest BCUT2D eigenvalue weighted by molar-refractivity contribution is 4.96. The summed E-state index contributed by atoms with van der Waals surface area (Å²) in [6.45, 7) is 4.34. The molecule has 0 aromatic carbocycles. The highest BCUT2D eigenvalue weighted by Crippen LogP contribution is 2.31. The van der Waals surface area contributed by atoms with Crippen molar-refractivity contribution >= 4 is 0 Å². The largest absolute Gasteiger partial charge is 0.304 e. The second-order valence-electron chi connectivity index (χ2n) is 3.87. The van der Waals surface area contributed by atoms with Crippen LogP contribution in [0.1, 0.15) is 32.1 Å². The number of aryl methyl sites for hydroxylation is 1. The van der Waals surface area contributed by atoms with Gasteiger partial charge in [-0.3, -0.25) is 0 Å². The Kier molecular flexibility index (Phi) is 2.03. The molecule has 1 aromatic heterocycles. The predicted molar refractivity (Wildman–Crippen MR) is 47.9 cm³/mol. The van der Waals surface area contributed by atoms with Crippen LogP contribution in [0.2, 0.25) is 0 Å². The minimum atomic E-state index is 0.245. The first-order valence-corrected chi connectivity index (χ1v) is 4.66. The van der Waals surface area contributed by atoms with Gasteiger partial charge in [-0.1, -0.05) is 6.92 Å². The van der Waals surface area contributed by atoms with Gasteiger partial charge >= 0.3 is 0 Å². The molecule has 5 heteroatoms. The molecule has 1 aromatic rings. The monoisotopic (exact) mass is 181 g/mol. The van der Waals surface area contributed by atoms with Crippen molar-refractivity contribution in [1.29, 1.82) is 0 Å². The Morgan fingerprint density at radius 1 is 1.62 bits per heavy atom. The third kappa shape index (κ3) is 1.70. The number of aromatic nitrogens is 4. The van der Waals surface area contributed by atoms with Crippen LogP contribution < -0.4 is 5.32 Å². The Labute approximate surface area is 77.5 Å². The molecule has 1 saturated carbocycles. The summed E-state index contributed by atoms with van der Waals surface area (Å²) in [7, 11) is 1.86. The van der Waals surface area contributed by atoms with E-state index in [1.165, 1.54) is 6.42 Å². The van der Waals surface area contributed by atoms with Crippen molar-refractivity contribution in [3.8, 4) is 0 Å². The Hall–Kier alpha value is -0.970. The maximum Gasteiger partial charge on any atom is 0.167 e. The number of rotatable bonds is 3. The van der Waals surface area contributed by atoms with Crippen LogP contribution in [0, 0.1) is 5.92 Å². The smallest absolute Gasteiger partial charge is 0.167 e. The summed E-state index contributed by atoms with van der Waals surface area (Å²) in [5.41, 5.74) is 0. The molecule has 0 radical (unpaired) electrons. The second-order valence-corrected chi connectivity index (χ2v) is 3.87. The standard InChI is InChI=1S/C8H15N5/c1-5-4-7(5)9-6(2)8-10-11-12-13(8)3/h5-7,9H,4H2,1-3H3/t5-,6?,7-/m1/s1. The summed E-state index contributed by atoms with van der Waals surface area (Å²) in [5, 5.41) is 14.9. The molecule has 1 N–H and O–H groups in total. The van der Waals surface area contributed by atoms with Crippen molar-refractivity contribution in [1.82, 2.24) is 25.5 Å². The van der Waals surface area contributed by atoms with E-state index >= 15 is 0 Å². The molecule has 1 aliphatic carbocycles. The fourth-order valence-electron chi connectivity index (χ4n) is 1.55. The summed E-state index contributed by atoms with van der Waals surface area (Å²) in [5.74, 6) is 1.71. The van der Waals surface area contributed by atoms with Crippen LogP contribution in [0.5, 0.6) is 0 Å². The van der Waals surface area contributed by atoms with E-state index < -0.39 is 0 Å². The summed E-state index contributed by atoms with van der Waals surface area (Å²) < 4.78 is 1.71. The molecule has 1 unspecified atom stereocenters. The quantitative estimate of drug-likeness (QED) is 0.727. The summed E-state index contributed by atoms with van der Waals surface area (Å²) in [4.78, 5) is 0. The van der Waals surface area contributed by atoms with Gasteiger partial charge in [-0.25, -0.2) is 4.68 Å². The molecule has 1 heterocycles. The lowest BCUT2D eigenvalue weighted by Gasteiger charge is -2.10. The molecule has 1 aliphatic rings. The van der Waals surface area contributed by atoms with Gasteiger partial charge < -0.3 is 5.32 Å². The molecule has 0 amide bonds. The number of nitrogens with zero attached hydrogens (tertiary/aromatic N) is 4. The molecule has 0 spiro atoms. The van der Waals surface area contributed by atoms with E-state index in [2.05, 4.69) is 34.7 Å². The Bertz CT molecular complexity index is 294. The fraction of sp³-hybridized carbons (Fsp3) is 0.875. The van der Waals surface area contributed by atoms with E-state index in [4.69, 9.17) is 0 Å². The van der Waals surface area contributed by atoms with Crippen LogP contribution in [-0.2, 0) is 7.05 Å². The molecule has 0 bridgehead atoms. The first-order chi connectivity index (χ1) is 6.18. The van der Waals surface area contributed by atoms with Gasteiger partial charge in [0.05, 0.1) is 6.04 Å². The van der Waals surface area contributed by atoms with E-state index in [-0.39, 0.29) is 6.04 Å². The highest BCUT2D eigenvalue weighted by atomic mass is 15.5. The van der Waals surface area contributed by atoms with Crippen LogP contribution in [-0.4, -0.2) is 26.2 Å². The fourth-order valence-corrected chi connectivity index (χ4v) is 1.55. The number of tetrazole rings is 1. The number of hydrogen-bond donors (Lipinski definition) is 1. The van der Waals surface area contributed by atoms with E-state index in [9.17, 15) is 0 Å². The maximum atomic E-state index is 3.96.